The Morgan fingerprint density at radius 2 is 2.24 bits per heavy atom. The molecule has 2 aromatic rings. The lowest BCUT2D eigenvalue weighted by atomic mass is 10.2. The zero-order valence-electron chi connectivity index (χ0n) is 11.8. The van der Waals surface area contributed by atoms with Crippen LogP contribution in [0, 0.1) is 0 Å². The first-order valence-corrected chi connectivity index (χ1v) is 7.94. The Labute approximate surface area is 126 Å². The van der Waals surface area contributed by atoms with E-state index >= 15 is 0 Å². The molecular formula is C13H17N5O2S. The molecular weight excluding hydrogens is 290 g/mol. The van der Waals surface area contributed by atoms with Crippen molar-refractivity contribution in [1.82, 2.24) is 24.5 Å². The van der Waals surface area contributed by atoms with Crippen molar-refractivity contribution in [3.8, 4) is 0 Å². The van der Waals surface area contributed by atoms with E-state index in [1.807, 2.05) is 0 Å². The van der Waals surface area contributed by atoms with Crippen LogP contribution in [0.2, 0.25) is 0 Å². The first kappa shape index (κ1) is 14.1. The van der Waals surface area contributed by atoms with Crippen LogP contribution in [0.25, 0.3) is 0 Å². The topological polar surface area (TPSA) is 85.8 Å². The van der Waals surface area contributed by atoms with Gasteiger partial charge in [-0.1, -0.05) is 18.2 Å². The molecule has 0 amide bonds. The highest BCUT2D eigenvalue weighted by molar-refractivity contribution is 7.98. The molecule has 0 fully saturated rings. The second-order valence-corrected chi connectivity index (χ2v) is 6.03. The average Bonchev–Trinajstić information content (AvgIpc) is 2.92. The Morgan fingerprint density at radius 3 is 3.05 bits per heavy atom. The molecule has 112 valence electrons. The van der Waals surface area contributed by atoms with Crippen molar-refractivity contribution in [2.75, 3.05) is 0 Å². The van der Waals surface area contributed by atoms with Crippen molar-refractivity contribution in [2.45, 2.75) is 43.1 Å². The molecule has 0 saturated carbocycles. The van der Waals surface area contributed by atoms with Gasteiger partial charge in [-0.15, -0.1) is 10.2 Å². The largest absolute Gasteiger partial charge is 0.478 e. The zero-order valence-corrected chi connectivity index (χ0v) is 12.6. The van der Waals surface area contributed by atoms with Gasteiger partial charge in [0.05, 0.1) is 11.9 Å². The van der Waals surface area contributed by atoms with E-state index in [1.54, 1.807) is 11.7 Å². The number of nitrogens with zero attached hydrogens (tertiary/aromatic N) is 5. The number of aromatic nitrogens is 5. The molecule has 1 N–H and O–H groups in total. The quantitative estimate of drug-likeness (QED) is 0.866. The van der Waals surface area contributed by atoms with Crippen LogP contribution in [0.1, 0.15) is 41.1 Å². The second kappa shape index (κ2) is 5.88. The van der Waals surface area contributed by atoms with E-state index in [9.17, 15) is 4.79 Å². The maximum absolute atomic E-state index is 11.2. The molecule has 7 nitrogen and oxygen atoms in total. The number of rotatable bonds is 4. The van der Waals surface area contributed by atoms with E-state index in [1.165, 1.54) is 24.4 Å². The minimum atomic E-state index is -0.946. The van der Waals surface area contributed by atoms with Gasteiger partial charge >= 0.3 is 5.97 Å². The number of fused-ring (bicyclic) bond motifs is 1. The fourth-order valence-electron chi connectivity index (χ4n) is 2.51. The predicted octanol–water partition coefficient (Wildman–Crippen LogP) is 1.73. The van der Waals surface area contributed by atoms with Gasteiger partial charge in [0.1, 0.15) is 11.4 Å². The summed E-state index contributed by atoms with van der Waals surface area (Å²) in [5, 5.41) is 22.5. The lowest BCUT2D eigenvalue weighted by molar-refractivity contribution is 0.0696. The van der Waals surface area contributed by atoms with Crippen LogP contribution in [0.5, 0.6) is 0 Å². The van der Waals surface area contributed by atoms with E-state index in [0.29, 0.717) is 11.4 Å². The highest BCUT2D eigenvalue weighted by Gasteiger charge is 2.18. The number of aromatic carboxylic acids is 1. The fourth-order valence-corrected chi connectivity index (χ4v) is 3.57. The molecule has 0 aliphatic carbocycles. The summed E-state index contributed by atoms with van der Waals surface area (Å²) >= 11 is 1.52. The van der Waals surface area contributed by atoms with Crippen molar-refractivity contribution in [3.63, 3.8) is 0 Å². The van der Waals surface area contributed by atoms with Gasteiger partial charge in [0.25, 0.3) is 0 Å². The molecule has 0 atom stereocenters. The Hall–Kier alpha value is -1.83. The molecule has 0 unspecified atom stereocenters. The van der Waals surface area contributed by atoms with Gasteiger partial charge in [-0.25, -0.2) is 4.79 Å². The third-order valence-electron chi connectivity index (χ3n) is 3.71. The average molecular weight is 307 g/mol. The Morgan fingerprint density at radius 1 is 1.38 bits per heavy atom. The maximum atomic E-state index is 11.2. The van der Waals surface area contributed by atoms with Gasteiger partial charge in [-0.2, -0.15) is 5.10 Å². The molecule has 2 aromatic heterocycles. The summed E-state index contributed by atoms with van der Waals surface area (Å²) in [5.74, 6) is 0.619. The molecule has 1 aliphatic rings. The monoisotopic (exact) mass is 307 g/mol. The molecule has 3 heterocycles. The predicted molar refractivity (Wildman–Crippen MR) is 77.3 cm³/mol. The standard InChI is InChI=1S/C13H17N5O2S/c1-17-10(9(7-14-17)12(19)20)8-21-13-16-15-11-5-3-2-4-6-18(11)13/h7H,2-6,8H2,1H3,(H,19,20). The number of hydrogen-bond acceptors (Lipinski definition) is 5. The van der Waals surface area contributed by atoms with Crippen LogP contribution in [0.15, 0.2) is 11.4 Å². The minimum absolute atomic E-state index is 0.251. The van der Waals surface area contributed by atoms with E-state index in [-0.39, 0.29) is 5.56 Å². The Bertz CT molecular complexity index is 664. The van der Waals surface area contributed by atoms with Crippen molar-refractivity contribution >= 4 is 17.7 Å². The Balaban J connectivity index is 1.78. The molecule has 1 aliphatic heterocycles. The maximum Gasteiger partial charge on any atom is 0.339 e. The highest BCUT2D eigenvalue weighted by atomic mass is 32.2. The fraction of sp³-hybridized carbons (Fsp3) is 0.538. The summed E-state index contributed by atoms with van der Waals surface area (Å²) in [6, 6.07) is 0. The van der Waals surface area contributed by atoms with Gasteiger partial charge in [-0.3, -0.25) is 4.68 Å². The lowest BCUT2D eigenvalue weighted by Crippen LogP contribution is -2.05. The van der Waals surface area contributed by atoms with Gasteiger partial charge < -0.3 is 9.67 Å². The molecule has 0 spiro atoms. The minimum Gasteiger partial charge on any atom is -0.478 e. The smallest absolute Gasteiger partial charge is 0.339 e. The number of carbonyl (C=O) groups is 1. The van der Waals surface area contributed by atoms with Crippen LogP contribution in [0.3, 0.4) is 0 Å². The molecule has 0 saturated heterocycles. The van der Waals surface area contributed by atoms with Gasteiger partial charge in [0.2, 0.25) is 0 Å². The SMILES string of the molecule is Cn1ncc(C(=O)O)c1CSc1nnc2n1CCCCC2. The van der Waals surface area contributed by atoms with E-state index in [2.05, 4.69) is 19.9 Å². The first-order valence-electron chi connectivity index (χ1n) is 6.96. The highest BCUT2D eigenvalue weighted by Crippen LogP contribution is 2.25. The number of carboxylic acids is 1. The van der Waals surface area contributed by atoms with Crippen molar-refractivity contribution < 1.29 is 9.90 Å². The van der Waals surface area contributed by atoms with Crippen molar-refractivity contribution in [1.29, 1.82) is 0 Å². The normalized spacial score (nSPS) is 14.7. The van der Waals surface area contributed by atoms with Crippen LogP contribution in [-0.2, 0) is 25.8 Å². The van der Waals surface area contributed by atoms with Crippen LogP contribution < -0.4 is 0 Å². The first-order chi connectivity index (χ1) is 10.2. The number of thioether (sulfide) groups is 1. The number of aryl methyl sites for hydroxylation is 2. The molecule has 3 rings (SSSR count). The van der Waals surface area contributed by atoms with Crippen LogP contribution in [0.4, 0.5) is 0 Å². The summed E-state index contributed by atoms with van der Waals surface area (Å²) in [6.07, 6.45) is 5.89. The summed E-state index contributed by atoms with van der Waals surface area (Å²) in [6.45, 7) is 0.946. The molecule has 0 bridgehead atoms. The number of carboxylic acid groups (broad SMARTS) is 1. The third kappa shape index (κ3) is 2.80. The van der Waals surface area contributed by atoms with E-state index < -0.39 is 5.97 Å². The molecule has 0 aromatic carbocycles. The van der Waals surface area contributed by atoms with Crippen LogP contribution >= 0.6 is 11.8 Å². The lowest BCUT2D eigenvalue weighted by Gasteiger charge is -2.07. The summed E-state index contributed by atoms with van der Waals surface area (Å²) in [4.78, 5) is 11.2. The Kier molecular flexibility index (Phi) is 3.96. The van der Waals surface area contributed by atoms with Crippen molar-refractivity contribution in [2.24, 2.45) is 7.05 Å². The van der Waals surface area contributed by atoms with E-state index in [0.717, 1.165) is 36.8 Å². The van der Waals surface area contributed by atoms with Gasteiger partial charge in [-0.05, 0) is 12.8 Å². The molecule has 8 heteroatoms. The zero-order chi connectivity index (χ0) is 14.8. The third-order valence-corrected chi connectivity index (χ3v) is 4.68. The number of hydrogen-bond donors (Lipinski definition) is 1. The molecule has 21 heavy (non-hydrogen) atoms. The second-order valence-electron chi connectivity index (χ2n) is 5.08. The van der Waals surface area contributed by atoms with Crippen molar-refractivity contribution in [3.05, 3.63) is 23.3 Å². The summed E-state index contributed by atoms with van der Waals surface area (Å²) < 4.78 is 3.77. The van der Waals surface area contributed by atoms with Crippen LogP contribution in [-0.4, -0.2) is 35.6 Å². The summed E-state index contributed by atoms with van der Waals surface area (Å²) in [5.41, 5.74) is 0.944. The molecule has 0 radical (unpaired) electrons. The van der Waals surface area contributed by atoms with Gasteiger partial charge in [0, 0.05) is 25.8 Å². The van der Waals surface area contributed by atoms with E-state index in [4.69, 9.17) is 5.11 Å². The summed E-state index contributed by atoms with van der Waals surface area (Å²) in [7, 11) is 1.76. The van der Waals surface area contributed by atoms with Gasteiger partial charge in [0.15, 0.2) is 5.16 Å².